The van der Waals surface area contributed by atoms with Gasteiger partial charge in [0.05, 0.1) is 13.1 Å². The molecule has 0 aliphatic heterocycles. The fraction of sp³-hybridized carbons (Fsp3) is 0.636. The third-order valence-electron chi connectivity index (χ3n) is 2.78. The van der Waals surface area contributed by atoms with E-state index in [1.54, 1.807) is 6.07 Å². The third-order valence-corrected chi connectivity index (χ3v) is 2.78. The highest BCUT2D eigenvalue weighted by molar-refractivity contribution is 5.17. The average molecular weight is 233 g/mol. The molecule has 1 saturated carbocycles. The van der Waals surface area contributed by atoms with Gasteiger partial charge < -0.3 is 9.73 Å². The van der Waals surface area contributed by atoms with Gasteiger partial charge in [0.2, 0.25) is 0 Å². The van der Waals surface area contributed by atoms with Crippen molar-refractivity contribution in [2.75, 3.05) is 6.54 Å². The van der Waals surface area contributed by atoms with E-state index in [2.05, 4.69) is 12.2 Å². The molecule has 0 bridgehead atoms. The molecule has 1 N–H and O–H groups in total. The van der Waals surface area contributed by atoms with Gasteiger partial charge in [-0.1, -0.05) is 6.92 Å². The number of hydrogen-bond donors (Lipinski definition) is 1. The summed E-state index contributed by atoms with van der Waals surface area (Å²) in [7, 11) is 0. The van der Waals surface area contributed by atoms with Gasteiger partial charge in [-0.2, -0.15) is 13.2 Å². The van der Waals surface area contributed by atoms with Crippen LogP contribution in [0.2, 0.25) is 0 Å². The van der Waals surface area contributed by atoms with E-state index in [4.69, 9.17) is 4.42 Å². The molecule has 1 heterocycles. The van der Waals surface area contributed by atoms with Crippen molar-refractivity contribution < 1.29 is 17.6 Å². The van der Waals surface area contributed by atoms with Crippen molar-refractivity contribution in [3.05, 3.63) is 23.7 Å². The van der Waals surface area contributed by atoms with E-state index in [0.29, 0.717) is 17.6 Å². The largest absolute Gasteiger partial charge is 0.464 e. The Morgan fingerprint density at radius 1 is 1.44 bits per heavy atom. The van der Waals surface area contributed by atoms with Gasteiger partial charge in [-0.25, -0.2) is 0 Å². The van der Waals surface area contributed by atoms with Gasteiger partial charge in [0.15, 0.2) is 0 Å². The quantitative estimate of drug-likeness (QED) is 0.864. The summed E-state index contributed by atoms with van der Waals surface area (Å²) in [4.78, 5) is 0. The van der Waals surface area contributed by atoms with Crippen molar-refractivity contribution in [3.63, 3.8) is 0 Å². The van der Waals surface area contributed by atoms with Gasteiger partial charge in [0.1, 0.15) is 11.5 Å². The second kappa shape index (κ2) is 4.13. The molecule has 1 aliphatic carbocycles. The molecule has 1 fully saturated rings. The maximum absolute atomic E-state index is 11.9. The highest BCUT2D eigenvalue weighted by Gasteiger charge is 2.36. The second-order valence-electron chi connectivity index (χ2n) is 4.34. The van der Waals surface area contributed by atoms with Crippen molar-refractivity contribution in [3.8, 4) is 0 Å². The zero-order valence-corrected chi connectivity index (χ0v) is 8.97. The standard InChI is InChI=1S/C11H14F3NO/c1-7-4-9(7)10-3-2-8(16-10)5-15-6-11(12,13)14/h2-3,7,9,15H,4-6H2,1H3. The molecule has 90 valence electrons. The summed E-state index contributed by atoms with van der Waals surface area (Å²) in [5, 5.41) is 2.31. The Labute approximate surface area is 91.8 Å². The van der Waals surface area contributed by atoms with Gasteiger partial charge in [-0.15, -0.1) is 0 Å². The van der Waals surface area contributed by atoms with E-state index in [-0.39, 0.29) is 6.54 Å². The third kappa shape index (κ3) is 3.01. The summed E-state index contributed by atoms with van der Waals surface area (Å²) in [5.74, 6) is 2.58. The van der Waals surface area contributed by atoms with Gasteiger partial charge in [-0.05, 0) is 24.5 Å². The molecule has 1 aliphatic rings. The van der Waals surface area contributed by atoms with E-state index in [1.165, 1.54) is 0 Å². The number of alkyl halides is 3. The van der Waals surface area contributed by atoms with Crippen LogP contribution < -0.4 is 5.32 Å². The van der Waals surface area contributed by atoms with Crippen LogP contribution in [0, 0.1) is 5.92 Å². The van der Waals surface area contributed by atoms with E-state index >= 15 is 0 Å². The summed E-state index contributed by atoms with van der Waals surface area (Å²) >= 11 is 0. The van der Waals surface area contributed by atoms with Crippen LogP contribution in [0.3, 0.4) is 0 Å². The fourth-order valence-corrected chi connectivity index (χ4v) is 1.73. The predicted octanol–water partition coefficient (Wildman–Crippen LogP) is 3.05. The zero-order chi connectivity index (χ0) is 11.8. The van der Waals surface area contributed by atoms with Crippen molar-refractivity contribution in [2.24, 2.45) is 5.92 Å². The fourth-order valence-electron chi connectivity index (χ4n) is 1.73. The van der Waals surface area contributed by atoms with Crippen molar-refractivity contribution >= 4 is 0 Å². The van der Waals surface area contributed by atoms with Gasteiger partial charge in [-0.3, -0.25) is 0 Å². The Bertz CT molecular complexity index is 358. The molecule has 0 aromatic carbocycles. The Hall–Kier alpha value is -0.970. The molecular weight excluding hydrogens is 219 g/mol. The molecule has 2 rings (SSSR count). The van der Waals surface area contributed by atoms with Crippen LogP contribution in [-0.4, -0.2) is 12.7 Å². The summed E-state index contributed by atoms with van der Waals surface area (Å²) in [6.45, 7) is 1.28. The lowest BCUT2D eigenvalue weighted by Crippen LogP contribution is -2.28. The summed E-state index contributed by atoms with van der Waals surface area (Å²) in [6, 6.07) is 3.60. The monoisotopic (exact) mass is 233 g/mol. The van der Waals surface area contributed by atoms with Gasteiger partial charge in [0.25, 0.3) is 0 Å². The minimum Gasteiger partial charge on any atom is -0.464 e. The summed E-state index contributed by atoms with van der Waals surface area (Å²) in [5.41, 5.74) is 0. The van der Waals surface area contributed by atoms with Crippen molar-refractivity contribution in [1.82, 2.24) is 5.32 Å². The SMILES string of the molecule is CC1CC1c1ccc(CNCC(F)(F)F)o1. The smallest absolute Gasteiger partial charge is 0.401 e. The molecule has 0 radical (unpaired) electrons. The van der Waals surface area contributed by atoms with Crippen molar-refractivity contribution in [2.45, 2.75) is 32.0 Å². The molecule has 1 aromatic rings. The van der Waals surface area contributed by atoms with Crippen LogP contribution in [0.5, 0.6) is 0 Å². The van der Waals surface area contributed by atoms with Gasteiger partial charge >= 0.3 is 6.18 Å². The van der Waals surface area contributed by atoms with E-state index in [0.717, 1.165) is 12.2 Å². The topological polar surface area (TPSA) is 25.2 Å². The first-order chi connectivity index (χ1) is 7.46. The Morgan fingerprint density at radius 2 is 2.12 bits per heavy atom. The Kier molecular flexibility index (Phi) is 2.97. The van der Waals surface area contributed by atoms with Crippen LogP contribution in [0.4, 0.5) is 13.2 Å². The number of hydrogen-bond acceptors (Lipinski definition) is 2. The number of rotatable bonds is 4. The highest BCUT2D eigenvalue weighted by Crippen LogP contribution is 2.47. The zero-order valence-electron chi connectivity index (χ0n) is 8.97. The molecule has 0 amide bonds. The van der Waals surface area contributed by atoms with Gasteiger partial charge in [0, 0.05) is 5.92 Å². The van der Waals surface area contributed by atoms with Crippen LogP contribution in [0.25, 0.3) is 0 Å². The molecular formula is C11H14F3NO. The lowest BCUT2D eigenvalue weighted by molar-refractivity contribution is -0.125. The predicted molar refractivity (Wildman–Crippen MR) is 53.0 cm³/mol. The molecule has 2 unspecified atom stereocenters. The average Bonchev–Trinajstić information content (AvgIpc) is 2.72. The van der Waals surface area contributed by atoms with E-state index in [1.807, 2.05) is 6.07 Å². The minimum absolute atomic E-state index is 0.126. The van der Waals surface area contributed by atoms with Crippen LogP contribution >= 0.6 is 0 Å². The molecule has 0 saturated heterocycles. The number of furan rings is 1. The lowest BCUT2D eigenvalue weighted by atomic mass is 10.3. The van der Waals surface area contributed by atoms with Crippen LogP contribution in [0.1, 0.15) is 30.8 Å². The molecule has 0 spiro atoms. The Balaban J connectivity index is 1.79. The molecule has 5 heteroatoms. The first kappa shape index (κ1) is 11.5. The van der Waals surface area contributed by atoms with Crippen LogP contribution in [0.15, 0.2) is 16.5 Å². The number of halogens is 3. The van der Waals surface area contributed by atoms with E-state index < -0.39 is 12.7 Å². The highest BCUT2D eigenvalue weighted by atomic mass is 19.4. The van der Waals surface area contributed by atoms with E-state index in [9.17, 15) is 13.2 Å². The number of nitrogens with one attached hydrogen (secondary N) is 1. The first-order valence-electron chi connectivity index (χ1n) is 5.32. The summed E-state index contributed by atoms with van der Waals surface area (Å²) in [6.07, 6.45) is -3.05. The lowest BCUT2D eigenvalue weighted by Gasteiger charge is -2.06. The summed E-state index contributed by atoms with van der Waals surface area (Å²) < 4.78 is 41.0. The van der Waals surface area contributed by atoms with Crippen molar-refractivity contribution in [1.29, 1.82) is 0 Å². The minimum atomic E-state index is -4.17. The Morgan fingerprint density at radius 3 is 2.69 bits per heavy atom. The maximum Gasteiger partial charge on any atom is 0.401 e. The molecule has 2 atom stereocenters. The van der Waals surface area contributed by atoms with Crippen LogP contribution in [-0.2, 0) is 6.54 Å². The molecule has 2 nitrogen and oxygen atoms in total. The molecule has 16 heavy (non-hydrogen) atoms. The molecule has 1 aromatic heterocycles. The normalized spacial score (nSPS) is 24.8. The maximum atomic E-state index is 11.9. The first-order valence-corrected chi connectivity index (χ1v) is 5.32. The second-order valence-corrected chi connectivity index (χ2v) is 4.34.